The third-order valence-electron chi connectivity index (χ3n) is 3.58. The molecule has 1 N–H and O–H groups in total. The molecule has 1 heterocycles. The van der Waals surface area contributed by atoms with Crippen LogP contribution in [0.25, 0.3) is 0 Å². The van der Waals surface area contributed by atoms with Crippen molar-refractivity contribution in [3.05, 3.63) is 34.1 Å². The number of halogens is 2. The van der Waals surface area contributed by atoms with Gasteiger partial charge in [0.25, 0.3) is 5.91 Å². The number of benzene rings is 1. The van der Waals surface area contributed by atoms with Gasteiger partial charge < -0.3 is 10.2 Å². The van der Waals surface area contributed by atoms with Crippen molar-refractivity contribution in [1.29, 1.82) is 0 Å². The number of carbonyl (C=O) groups excluding carboxylic acids is 1. The Morgan fingerprint density at radius 3 is 2.85 bits per heavy atom. The molecule has 0 aliphatic carbocycles. The molecule has 110 valence electrons. The van der Waals surface area contributed by atoms with Gasteiger partial charge in [-0.15, -0.1) is 0 Å². The minimum Gasteiger partial charge on any atom is -0.352 e. The summed E-state index contributed by atoms with van der Waals surface area (Å²) in [7, 11) is 0. The molecule has 3 nitrogen and oxygen atoms in total. The number of hydrogen-bond acceptors (Lipinski definition) is 2. The second-order valence-corrected chi connectivity index (χ2v) is 6.28. The van der Waals surface area contributed by atoms with Crippen LogP contribution >= 0.6 is 15.9 Å². The monoisotopic (exact) mass is 342 g/mol. The number of amides is 1. The molecule has 0 aromatic heterocycles. The number of hydrogen-bond donors (Lipinski definition) is 1. The Kier molecular flexibility index (Phi) is 5.54. The molecule has 1 saturated heterocycles. The first-order chi connectivity index (χ1) is 9.58. The molecule has 20 heavy (non-hydrogen) atoms. The molecule has 0 saturated carbocycles. The standard InChI is InChI=1S/C15H20BrFN2O/c1-11(10-19-7-2-3-8-19)9-18-15(20)12-5-4-6-13(16)14(12)17/h4-6,11H,2-3,7-10H2,1H3,(H,18,20). The van der Waals surface area contributed by atoms with Gasteiger partial charge in [0.05, 0.1) is 10.0 Å². The minimum absolute atomic E-state index is 0.0905. The summed E-state index contributed by atoms with van der Waals surface area (Å²) in [6, 6.07) is 4.75. The highest BCUT2D eigenvalue weighted by atomic mass is 79.9. The molecule has 1 fully saturated rings. The molecule has 0 spiro atoms. The average Bonchev–Trinajstić information content (AvgIpc) is 2.92. The van der Waals surface area contributed by atoms with Gasteiger partial charge in [-0.3, -0.25) is 4.79 Å². The smallest absolute Gasteiger partial charge is 0.254 e. The van der Waals surface area contributed by atoms with Gasteiger partial charge in [0, 0.05) is 13.1 Å². The fourth-order valence-electron chi connectivity index (χ4n) is 2.51. The van der Waals surface area contributed by atoms with Gasteiger partial charge in [-0.2, -0.15) is 0 Å². The molecule has 0 radical (unpaired) electrons. The van der Waals surface area contributed by atoms with Crippen LogP contribution in [0, 0.1) is 11.7 Å². The number of nitrogens with zero attached hydrogens (tertiary/aromatic N) is 1. The van der Waals surface area contributed by atoms with Gasteiger partial charge in [0.2, 0.25) is 0 Å². The maximum atomic E-state index is 13.8. The number of carbonyl (C=O) groups is 1. The molecule has 1 unspecified atom stereocenters. The Labute approximate surface area is 127 Å². The fraction of sp³-hybridized carbons (Fsp3) is 0.533. The lowest BCUT2D eigenvalue weighted by atomic mass is 10.1. The zero-order chi connectivity index (χ0) is 14.5. The Morgan fingerprint density at radius 1 is 1.45 bits per heavy atom. The van der Waals surface area contributed by atoms with Gasteiger partial charge in [0.15, 0.2) is 0 Å². The van der Waals surface area contributed by atoms with Crippen LogP contribution in [0.1, 0.15) is 30.1 Å². The topological polar surface area (TPSA) is 32.3 Å². The Balaban J connectivity index is 1.83. The summed E-state index contributed by atoms with van der Waals surface area (Å²) >= 11 is 3.09. The molecule has 1 aliphatic heterocycles. The van der Waals surface area contributed by atoms with Gasteiger partial charge >= 0.3 is 0 Å². The van der Waals surface area contributed by atoms with Crippen LogP contribution < -0.4 is 5.32 Å². The zero-order valence-corrected chi connectivity index (χ0v) is 13.2. The molecule has 1 aliphatic rings. The van der Waals surface area contributed by atoms with Crippen LogP contribution in [0.3, 0.4) is 0 Å². The first-order valence-corrected chi connectivity index (χ1v) is 7.82. The first kappa shape index (κ1) is 15.4. The van der Waals surface area contributed by atoms with Crippen molar-refractivity contribution >= 4 is 21.8 Å². The van der Waals surface area contributed by atoms with E-state index < -0.39 is 5.82 Å². The lowest BCUT2D eigenvalue weighted by Crippen LogP contribution is -2.34. The van der Waals surface area contributed by atoms with Gasteiger partial charge in [-0.1, -0.05) is 13.0 Å². The maximum absolute atomic E-state index is 13.8. The van der Waals surface area contributed by atoms with Crippen LogP contribution in [0.2, 0.25) is 0 Å². The minimum atomic E-state index is -0.503. The summed E-state index contributed by atoms with van der Waals surface area (Å²) in [5.41, 5.74) is 0.0905. The molecule has 1 aromatic rings. The van der Waals surface area contributed by atoms with Crippen LogP contribution in [-0.2, 0) is 0 Å². The summed E-state index contributed by atoms with van der Waals surface area (Å²) < 4.78 is 14.1. The van der Waals surface area contributed by atoms with E-state index >= 15 is 0 Å². The van der Waals surface area contributed by atoms with E-state index in [9.17, 15) is 9.18 Å². The SMILES string of the molecule is CC(CNC(=O)c1cccc(Br)c1F)CN1CCCC1. The van der Waals surface area contributed by atoms with Crippen molar-refractivity contribution in [2.45, 2.75) is 19.8 Å². The maximum Gasteiger partial charge on any atom is 0.254 e. The average molecular weight is 343 g/mol. The molecular formula is C15H20BrFN2O. The van der Waals surface area contributed by atoms with Gasteiger partial charge in [-0.25, -0.2) is 4.39 Å². The Bertz CT molecular complexity index is 475. The van der Waals surface area contributed by atoms with E-state index in [4.69, 9.17) is 0 Å². The van der Waals surface area contributed by atoms with E-state index in [0.717, 1.165) is 19.6 Å². The van der Waals surface area contributed by atoms with E-state index in [1.165, 1.54) is 18.9 Å². The summed E-state index contributed by atoms with van der Waals surface area (Å²) in [5, 5.41) is 2.81. The van der Waals surface area contributed by atoms with E-state index in [1.807, 2.05) is 0 Å². The van der Waals surface area contributed by atoms with Gasteiger partial charge in [-0.05, 0) is 59.9 Å². The lowest BCUT2D eigenvalue weighted by molar-refractivity contribution is 0.0941. The van der Waals surface area contributed by atoms with E-state index in [0.29, 0.717) is 16.9 Å². The fourth-order valence-corrected chi connectivity index (χ4v) is 2.88. The molecular weight excluding hydrogens is 323 g/mol. The third kappa shape index (κ3) is 4.03. The highest BCUT2D eigenvalue weighted by Crippen LogP contribution is 2.18. The van der Waals surface area contributed by atoms with E-state index in [1.54, 1.807) is 12.1 Å². The highest BCUT2D eigenvalue weighted by molar-refractivity contribution is 9.10. The van der Waals surface area contributed by atoms with Crippen LogP contribution in [0.15, 0.2) is 22.7 Å². The van der Waals surface area contributed by atoms with Crippen molar-refractivity contribution in [2.75, 3.05) is 26.2 Å². The molecule has 5 heteroatoms. The highest BCUT2D eigenvalue weighted by Gasteiger charge is 2.17. The molecule has 1 aromatic carbocycles. The number of nitrogens with one attached hydrogen (secondary N) is 1. The molecule has 1 atom stereocenters. The van der Waals surface area contributed by atoms with Crippen LogP contribution in [0.5, 0.6) is 0 Å². The zero-order valence-electron chi connectivity index (χ0n) is 11.7. The molecule has 2 rings (SSSR count). The summed E-state index contributed by atoms with van der Waals surface area (Å²) in [6.07, 6.45) is 2.53. The number of likely N-dealkylation sites (tertiary alicyclic amines) is 1. The van der Waals surface area contributed by atoms with E-state index in [-0.39, 0.29) is 11.5 Å². The van der Waals surface area contributed by atoms with Crippen molar-refractivity contribution in [3.63, 3.8) is 0 Å². The van der Waals surface area contributed by atoms with Crippen molar-refractivity contribution < 1.29 is 9.18 Å². The quantitative estimate of drug-likeness (QED) is 0.891. The molecule has 0 bridgehead atoms. The van der Waals surface area contributed by atoms with Crippen molar-refractivity contribution in [2.24, 2.45) is 5.92 Å². The second-order valence-electron chi connectivity index (χ2n) is 5.42. The second kappa shape index (κ2) is 7.18. The predicted octanol–water partition coefficient (Wildman–Crippen LogP) is 3.05. The Hall–Kier alpha value is -0.940. The van der Waals surface area contributed by atoms with Crippen molar-refractivity contribution in [1.82, 2.24) is 10.2 Å². The molecule has 1 amide bonds. The van der Waals surface area contributed by atoms with Crippen LogP contribution in [-0.4, -0.2) is 37.0 Å². The van der Waals surface area contributed by atoms with E-state index in [2.05, 4.69) is 33.1 Å². The predicted molar refractivity (Wildman–Crippen MR) is 81.3 cm³/mol. The lowest BCUT2D eigenvalue weighted by Gasteiger charge is -2.20. The van der Waals surface area contributed by atoms with Crippen LogP contribution in [0.4, 0.5) is 4.39 Å². The third-order valence-corrected chi connectivity index (χ3v) is 4.19. The normalized spacial score (nSPS) is 17.1. The summed E-state index contributed by atoms with van der Waals surface area (Å²) in [6.45, 7) is 5.97. The largest absolute Gasteiger partial charge is 0.352 e. The van der Waals surface area contributed by atoms with Gasteiger partial charge in [0.1, 0.15) is 5.82 Å². The summed E-state index contributed by atoms with van der Waals surface area (Å²) in [5.74, 6) is -0.485. The number of rotatable bonds is 5. The summed E-state index contributed by atoms with van der Waals surface area (Å²) in [4.78, 5) is 14.4. The first-order valence-electron chi connectivity index (χ1n) is 7.02. The Morgan fingerprint density at radius 2 is 2.15 bits per heavy atom. The van der Waals surface area contributed by atoms with Crippen molar-refractivity contribution in [3.8, 4) is 0 Å².